The van der Waals surface area contributed by atoms with Crippen molar-refractivity contribution in [2.24, 2.45) is 0 Å². The van der Waals surface area contributed by atoms with E-state index in [1.54, 1.807) is 35.9 Å². The smallest absolute Gasteiger partial charge is 0.318 e. The van der Waals surface area contributed by atoms with E-state index in [2.05, 4.69) is 20.5 Å². The van der Waals surface area contributed by atoms with Crippen molar-refractivity contribution in [2.75, 3.05) is 5.32 Å². The number of aryl methyl sites for hydroxylation is 1. The molecule has 0 aliphatic carbocycles. The lowest BCUT2D eigenvalue weighted by Crippen LogP contribution is -2.16. The zero-order valence-electron chi connectivity index (χ0n) is 16.4. The van der Waals surface area contributed by atoms with Crippen molar-refractivity contribution in [3.8, 4) is 11.3 Å². The average molecular weight is 449 g/mol. The van der Waals surface area contributed by atoms with Crippen LogP contribution >= 0.6 is 11.6 Å². The highest BCUT2D eigenvalue weighted by Gasteiger charge is 2.35. The maximum Gasteiger partial charge on any atom is 0.433 e. The van der Waals surface area contributed by atoms with Crippen LogP contribution in [0.5, 0.6) is 0 Å². The SMILES string of the molecule is CCn1ncc(NC(=O)c2cc3nc(-c4ccc(Cl)cc4)cc(C(F)(F)F)n3n2)c1C. The number of rotatable bonds is 4. The maximum atomic E-state index is 13.7. The van der Waals surface area contributed by atoms with Crippen LogP contribution in [0.3, 0.4) is 0 Å². The summed E-state index contributed by atoms with van der Waals surface area (Å²) in [5.41, 5.74) is 0.362. The minimum absolute atomic E-state index is 0.0865. The Kier molecular flexibility index (Phi) is 5.18. The predicted molar refractivity (Wildman–Crippen MR) is 109 cm³/mol. The van der Waals surface area contributed by atoms with Crippen molar-refractivity contribution in [1.29, 1.82) is 0 Å². The van der Waals surface area contributed by atoms with E-state index in [1.165, 1.54) is 12.3 Å². The number of carbonyl (C=O) groups is 1. The number of alkyl halides is 3. The van der Waals surface area contributed by atoms with Crippen molar-refractivity contribution in [2.45, 2.75) is 26.6 Å². The van der Waals surface area contributed by atoms with Crippen LogP contribution < -0.4 is 5.32 Å². The Morgan fingerprint density at radius 3 is 2.52 bits per heavy atom. The van der Waals surface area contributed by atoms with E-state index < -0.39 is 17.8 Å². The fourth-order valence-corrected chi connectivity index (χ4v) is 3.26. The van der Waals surface area contributed by atoms with Crippen molar-refractivity contribution >= 4 is 28.8 Å². The molecular weight excluding hydrogens is 433 g/mol. The Hall–Kier alpha value is -3.40. The van der Waals surface area contributed by atoms with Gasteiger partial charge in [-0.25, -0.2) is 9.50 Å². The van der Waals surface area contributed by atoms with Crippen LogP contribution in [0, 0.1) is 6.92 Å². The first kappa shape index (κ1) is 20.9. The van der Waals surface area contributed by atoms with Crippen LogP contribution in [0.4, 0.5) is 18.9 Å². The first-order valence-corrected chi connectivity index (χ1v) is 9.63. The number of nitrogens with one attached hydrogen (secondary N) is 1. The Bertz CT molecular complexity index is 1280. The summed E-state index contributed by atoms with van der Waals surface area (Å²) >= 11 is 5.86. The summed E-state index contributed by atoms with van der Waals surface area (Å²) in [7, 11) is 0. The molecule has 3 heterocycles. The van der Waals surface area contributed by atoms with Crippen molar-refractivity contribution < 1.29 is 18.0 Å². The van der Waals surface area contributed by atoms with Gasteiger partial charge in [-0.15, -0.1) is 0 Å². The Morgan fingerprint density at radius 2 is 1.90 bits per heavy atom. The number of fused-ring (bicyclic) bond motifs is 1. The molecule has 4 rings (SSSR count). The van der Waals surface area contributed by atoms with Gasteiger partial charge in [-0.05, 0) is 32.0 Å². The van der Waals surface area contributed by atoms with Gasteiger partial charge in [0.2, 0.25) is 0 Å². The topological polar surface area (TPSA) is 77.1 Å². The summed E-state index contributed by atoms with van der Waals surface area (Å²) in [6.07, 6.45) is -3.23. The largest absolute Gasteiger partial charge is 0.433 e. The molecule has 0 aliphatic rings. The number of aromatic nitrogens is 5. The molecule has 0 saturated carbocycles. The number of nitrogens with zero attached hydrogens (tertiary/aromatic N) is 5. The van der Waals surface area contributed by atoms with E-state index >= 15 is 0 Å². The normalized spacial score (nSPS) is 11.8. The lowest BCUT2D eigenvalue weighted by molar-refractivity contribution is -0.142. The van der Waals surface area contributed by atoms with Gasteiger partial charge in [-0.3, -0.25) is 9.48 Å². The number of hydrogen-bond donors (Lipinski definition) is 1. The summed E-state index contributed by atoms with van der Waals surface area (Å²) in [5, 5.41) is 11.1. The van der Waals surface area contributed by atoms with Crippen molar-refractivity contribution in [1.82, 2.24) is 24.4 Å². The summed E-state index contributed by atoms with van der Waals surface area (Å²) in [6.45, 7) is 4.29. The van der Waals surface area contributed by atoms with E-state index in [9.17, 15) is 18.0 Å². The molecule has 4 aromatic rings. The molecule has 0 saturated heterocycles. The molecule has 11 heteroatoms. The third-order valence-corrected chi connectivity index (χ3v) is 4.99. The second-order valence-electron chi connectivity index (χ2n) is 6.74. The van der Waals surface area contributed by atoms with E-state index in [0.717, 1.165) is 11.8 Å². The summed E-state index contributed by atoms with van der Waals surface area (Å²) in [5.74, 6) is -0.662. The molecule has 160 valence electrons. The lowest BCUT2D eigenvalue weighted by atomic mass is 10.1. The quantitative estimate of drug-likeness (QED) is 0.484. The lowest BCUT2D eigenvalue weighted by Gasteiger charge is -2.11. The molecule has 0 aliphatic heterocycles. The fourth-order valence-electron chi connectivity index (χ4n) is 3.13. The Morgan fingerprint density at radius 1 is 1.19 bits per heavy atom. The van der Waals surface area contributed by atoms with E-state index in [-0.39, 0.29) is 17.0 Å². The third-order valence-electron chi connectivity index (χ3n) is 4.74. The first-order chi connectivity index (χ1) is 14.7. The highest BCUT2D eigenvalue weighted by molar-refractivity contribution is 6.30. The molecule has 1 amide bonds. The van der Waals surface area contributed by atoms with E-state index in [0.29, 0.717) is 27.3 Å². The number of carbonyl (C=O) groups excluding carboxylic acids is 1. The second kappa shape index (κ2) is 7.69. The fraction of sp³-hybridized carbons (Fsp3) is 0.200. The highest BCUT2D eigenvalue weighted by Crippen LogP contribution is 2.32. The van der Waals surface area contributed by atoms with Gasteiger partial charge in [-0.2, -0.15) is 23.4 Å². The standard InChI is InChI=1S/C20H16ClF3N6O/c1-3-29-11(2)16(10-25-29)27-19(31)15-9-18-26-14(12-4-6-13(21)7-5-12)8-17(20(22,23)24)30(18)28-15/h4-10H,3H2,1-2H3,(H,27,31). The second-order valence-corrected chi connectivity index (χ2v) is 7.18. The Balaban J connectivity index is 1.77. The molecule has 0 radical (unpaired) electrons. The molecular formula is C20H16ClF3N6O. The molecule has 0 atom stereocenters. The molecule has 1 N–H and O–H groups in total. The van der Waals surface area contributed by atoms with Crippen LogP contribution in [0.15, 0.2) is 42.6 Å². The predicted octanol–water partition coefficient (Wildman–Crippen LogP) is 4.85. The van der Waals surface area contributed by atoms with Gasteiger partial charge in [0, 0.05) is 23.2 Å². The number of amides is 1. The van der Waals surface area contributed by atoms with Crippen LogP contribution in [0.1, 0.15) is 28.8 Å². The zero-order valence-corrected chi connectivity index (χ0v) is 17.2. The van der Waals surface area contributed by atoms with Crippen molar-refractivity contribution in [3.05, 3.63) is 64.7 Å². The first-order valence-electron chi connectivity index (χ1n) is 9.25. The van der Waals surface area contributed by atoms with Gasteiger partial charge in [0.25, 0.3) is 5.91 Å². The minimum atomic E-state index is -4.71. The highest BCUT2D eigenvalue weighted by atomic mass is 35.5. The Labute approximate surface area is 179 Å². The molecule has 7 nitrogen and oxygen atoms in total. The zero-order chi connectivity index (χ0) is 22.3. The molecule has 0 spiro atoms. The van der Waals surface area contributed by atoms with Crippen LogP contribution in [0.2, 0.25) is 5.02 Å². The molecule has 0 unspecified atom stereocenters. The molecule has 31 heavy (non-hydrogen) atoms. The van der Waals surface area contributed by atoms with Gasteiger partial charge >= 0.3 is 6.18 Å². The van der Waals surface area contributed by atoms with E-state index in [4.69, 9.17) is 11.6 Å². The summed E-state index contributed by atoms with van der Waals surface area (Å²) in [6, 6.07) is 8.36. The van der Waals surface area contributed by atoms with Gasteiger partial charge in [0.1, 0.15) is 0 Å². The van der Waals surface area contributed by atoms with E-state index in [1.807, 2.05) is 6.92 Å². The van der Waals surface area contributed by atoms with Gasteiger partial charge in [0.15, 0.2) is 17.0 Å². The number of halogens is 4. The van der Waals surface area contributed by atoms with Gasteiger partial charge in [0.05, 0.1) is 23.3 Å². The molecule has 0 fully saturated rings. The molecule has 3 aromatic heterocycles. The van der Waals surface area contributed by atoms with Gasteiger partial charge < -0.3 is 5.32 Å². The van der Waals surface area contributed by atoms with Crippen LogP contribution in [-0.2, 0) is 12.7 Å². The average Bonchev–Trinajstić information content (AvgIpc) is 3.30. The molecule has 1 aromatic carbocycles. The van der Waals surface area contributed by atoms with Gasteiger partial charge in [-0.1, -0.05) is 23.7 Å². The number of hydrogen-bond acceptors (Lipinski definition) is 4. The third kappa shape index (κ3) is 3.98. The molecule has 0 bridgehead atoms. The summed E-state index contributed by atoms with van der Waals surface area (Å²) in [4.78, 5) is 16.9. The van der Waals surface area contributed by atoms with Crippen LogP contribution in [0.25, 0.3) is 16.9 Å². The van der Waals surface area contributed by atoms with Crippen LogP contribution in [-0.4, -0.2) is 30.3 Å². The summed E-state index contributed by atoms with van der Waals surface area (Å²) < 4.78 is 43.4. The maximum absolute atomic E-state index is 13.7. The number of anilines is 1. The monoisotopic (exact) mass is 448 g/mol. The number of benzene rings is 1. The van der Waals surface area contributed by atoms with Crippen molar-refractivity contribution in [3.63, 3.8) is 0 Å². The minimum Gasteiger partial charge on any atom is -0.318 e.